The fourth-order valence-electron chi connectivity index (χ4n) is 2.90. The van der Waals surface area contributed by atoms with Crippen LogP contribution in [0.2, 0.25) is 0 Å². The van der Waals surface area contributed by atoms with Crippen molar-refractivity contribution in [2.45, 2.75) is 36.6 Å². The smallest absolute Gasteiger partial charge is 0.375 e. The van der Waals surface area contributed by atoms with Crippen molar-refractivity contribution in [3.05, 3.63) is 89.6 Å². The minimum Gasteiger partial charge on any atom is -0.453 e. The summed E-state index contributed by atoms with van der Waals surface area (Å²) in [6.07, 6.45) is -1.13. The number of halogens is 1. The molecule has 2 atom stereocenters. The molecule has 0 saturated heterocycles. The van der Waals surface area contributed by atoms with Crippen molar-refractivity contribution < 1.29 is 31.6 Å². The highest BCUT2D eigenvalue weighted by molar-refractivity contribution is 7.90. The van der Waals surface area contributed by atoms with Crippen LogP contribution >= 0.6 is 0 Å². The van der Waals surface area contributed by atoms with Gasteiger partial charge in [0, 0.05) is 0 Å². The second kappa shape index (κ2) is 9.78. The maximum Gasteiger partial charge on any atom is 0.375 e. The summed E-state index contributed by atoms with van der Waals surface area (Å²) in [6.45, 7) is 3.11. The van der Waals surface area contributed by atoms with E-state index in [1.54, 1.807) is 37.3 Å². The third-order valence-corrected chi connectivity index (χ3v) is 6.33. The molecule has 0 fully saturated rings. The number of amides is 1. The number of hydrogen-bond acceptors (Lipinski definition) is 6. The second-order valence-corrected chi connectivity index (χ2v) is 9.16. The van der Waals surface area contributed by atoms with Crippen molar-refractivity contribution in [2.24, 2.45) is 0 Å². The molecule has 1 N–H and O–H groups in total. The zero-order valence-electron chi connectivity index (χ0n) is 17.4. The molecule has 1 aromatic heterocycles. The lowest BCUT2D eigenvalue weighted by atomic mass is 10.1. The molecule has 0 spiro atoms. The van der Waals surface area contributed by atoms with Crippen molar-refractivity contribution in [1.82, 2.24) is 5.32 Å². The quantitative estimate of drug-likeness (QED) is 0.514. The molecule has 0 radical (unpaired) electrons. The maximum absolute atomic E-state index is 13.0. The first-order valence-corrected chi connectivity index (χ1v) is 11.4. The molecule has 7 nitrogen and oxygen atoms in total. The number of sulfone groups is 1. The zero-order chi connectivity index (χ0) is 23.3. The number of furan rings is 1. The van der Waals surface area contributed by atoms with Gasteiger partial charge in [0.05, 0.1) is 10.9 Å². The van der Waals surface area contributed by atoms with Gasteiger partial charge in [0.2, 0.25) is 5.76 Å². The molecule has 0 aliphatic rings. The predicted octanol–water partition coefficient (Wildman–Crippen LogP) is 3.82. The lowest BCUT2D eigenvalue weighted by Crippen LogP contribution is -2.37. The molecular formula is C23H22FNO6S. The standard InChI is InChI=1S/C23H22FNO6S/c1-15(17-8-10-18(24)11-9-17)25-22(26)16(2)30-23(27)21-13-12-19(31-21)14-32(28,29)20-6-4-3-5-7-20/h3-13,15-16H,14H2,1-2H3,(H,25,26)/t15-,16-/m0/s1. The summed E-state index contributed by atoms with van der Waals surface area (Å²) in [5.41, 5.74) is 0.688. The van der Waals surface area contributed by atoms with Gasteiger partial charge < -0.3 is 14.5 Å². The van der Waals surface area contributed by atoms with Gasteiger partial charge in [-0.1, -0.05) is 30.3 Å². The molecule has 3 rings (SSSR count). The van der Waals surface area contributed by atoms with Crippen LogP contribution in [0.15, 0.2) is 76.0 Å². The average Bonchev–Trinajstić information content (AvgIpc) is 3.22. The summed E-state index contributed by atoms with van der Waals surface area (Å²) in [5, 5.41) is 2.68. The first-order chi connectivity index (χ1) is 15.2. The van der Waals surface area contributed by atoms with Gasteiger partial charge >= 0.3 is 5.97 Å². The Labute approximate surface area is 185 Å². The summed E-state index contributed by atoms with van der Waals surface area (Å²) in [4.78, 5) is 24.8. The Morgan fingerprint density at radius 3 is 2.31 bits per heavy atom. The number of ether oxygens (including phenoxy) is 1. The molecule has 0 saturated carbocycles. The summed E-state index contributed by atoms with van der Waals surface area (Å²) < 4.78 is 48.4. The van der Waals surface area contributed by atoms with Gasteiger partial charge in [-0.25, -0.2) is 17.6 Å². The summed E-state index contributed by atoms with van der Waals surface area (Å²) in [6, 6.07) is 15.8. The molecule has 0 unspecified atom stereocenters. The van der Waals surface area contributed by atoms with Crippen LogP contribution in [0.4, 0.5) is 4.39 Å². The van der Waals surface area contributed by atoms with Gasteiger partial charge in [0.1, 0.15) is 17.3 Å². The van der Waals surface area contributed by atoms with Gasteiger partial charge in [-0.15, -0.1) is 0 Å². The van der Waals surface area contributed by atoms with Crippen LogP contribution in [0, 0.1) is 5.82 Å². The Bertz CT molecular complexity index is 1190. The van der Waals surface area contributed by atoms with Crippen molar-refractivity contribution in [3.8, 4) is 0 Å². The number of rotatable bonds is 8. The summed E-state index contributed by atoms with van der Waals surface area (Å²) in [5.74, 6) is -2.39. The monoisotopic (exact) mass is 459 g/mol. The van der Waals surface area contributed by atoms with E-state index in [4.69, 9.17) is 9.15 Å². The SMILES string of the molecule is C[C@H](OC(=O)c1ccc(CS(=O)(=O)c2ccccc2)o1)C(=O)N[C@@H](C)c1ccc(F)cc1. The number of esters is 1. The molecule has 1 heterocycles. The fraction of sp³-hybridized carbons (Fsp3) is 0.217. The molecule has 0 aliphatic carbocycles. The first kappa shape index (κ1) is 23.2. The third kappa shape index (κ3) is 5.82. The number of carbonyl (C=O) groups is 2. The van der Waals surface area contributed by atoms with Crippen molar-refractivity contribution >= 4 is 21.7 Å². The minimum atomic E-state index is -3.64. The lowest BCUT2D eigenvalue weighted by Gasteiger charge is -2.18. The topological polar surface area (TPSA) is 103 Å². The van der Waals surface area contributed by atoms with Crippen LogP contribution in [0.5, 0.6) is 0 Å². The number of benzene rings is 2. The van der Waals surface area contributed by atoms with Gasteiger partial charge in [0.25, 0.3) is 5.91 Å². The van der Waals surface area contributed by atoms with E-state index in [0.717, 1.165) is 0 Å². The summed E-state index contributed by atoms with van der Waals surface area (Å²) in [7, 11) is -3.64. The number of nitrogens with one attached hydrogen (secondary N) is 1. The van der Waals surface area contributed by atoms with E-state index in [1.165, 1.54) is 43.3 Å². The highest BCUT2D eigenvalue weighted by Crippen LogP contribution is 2.19. The van der Waals surface area contributed by atoms with Crippen LogP contribution < -0.4 is 5.32 Å². The molecule has 32 heavy (non-hydrogen) atoms. The number of carbonyl (C=O) groups excluding carboxylic acids is 2. The first-order valence-electron chi connectivity index (χ1n) is 9.79. The second-order valence-electron chi connectivity index (χ2n) is 7.17. The van der Waals surface area contributed by atoms with E-state index in [9.17, 15) is 22.4 Å². The fourth-order valence-corrected chi connectivity index (χ4v) is 4.17. The van der Waals surface area contributed by atoms with Crippen LogP contribution in [-0.4, -0.2) is 26.4 Å². The summed E-state index contributed by atoms with van der Waals surface area (Å²) >= 11 is 0. The molecule has 2 aromatic carbocycles. The van der Waals surface area contributed by atoms with E-state index >= 15 is 0 Å². The molecule has 3 aromatic rings. The van der Waals surface area contributed by atoms with Crippen LogP contribution in [0.1, 0.15) is 41.8 Å². The van der Waals surface area contributed by atoms with E-state index < -0.39 is 39.6 Å². The van der Waals surface area contributed by atoms with Gasteiger partial charge in [-0.05, 0) is 55.8 Å². The third-order valence-electron chi connectivity index (χ3n) is 4.68. The Kier molecular flexibility index (Phi) is 7.09. The molecule has 0 bridgehead atoms. The Hall–Kier alpha value is -3.46. The van der Waals surface area contributed by atoms with E-state index in [0.29, 0.717) is 5.56 Å². The Morgan fingerprint density at radius 2 is 1.66 bits per heavy atom. The van der Waals surface area contributed by atoms with Crippen LogP contribution in [0.3, 0.4) is 0 Å². The van der Waals surface area contributed by atoms with Crippen LogP contribution in [0.25, 0.3) is 0 Å². The van der Waals surface area contributed by atoms with Crippen molar-refractivity contribution in [2.75, 3.05) is 0 Å². The van der Waals surface area contributed by atoms with Crippen molar-refractivity contribution in [1.29, 1.82) is 0 Å². The number of hydrogen-bond donors (Lipinski definition) is 1. The van der Waals surface area contributed by atoms with Gasteiger partial charge in [-0.2, -0.15) is 0 Å². The largest absolute Gasteiger partial charge is 0.453 e. The van der Waals surface area contributed by atoms with E-state index in [1.807, 2.05) is 0 Å². The molecule has 1 amide bonds. The Morgan fingerprint density at radius 1 is 1.00 bits per heavy atom. The Balaban J connectivity index is 1.58. The highest BCUT2D eigenvalue weighted by Gasteiger charge is 2.24. The van der Waals surface area contributed by atoms with Gasteiger partial charge in [0.15, 0.2) is 15.9 Å². The van der Waals surface area contributed by atoms with E-state index in [2.05, 4.69) is 5.32 Å². The predicted molar refractivity (Wildman–Crippen MR) is 114 cm³/mol. The molecule has 168 valence electrons. The maximum atomic E-state index is 13.0. The minimum absolute atomic E-state index is 0.0721. The van der Waals surface area contributed by atoms with Crippen LogP contribution in [-0.2, 0) is 25.1 Å². The zero-order valence-corrected chi connectivity index (χ0v) is 18.3. The molecular weight excluding hydrogens is 437 g/mol. The van der Waals surface area contributed by atoms with E-state index in [-0.39, 0.29) is 22.2 Å². The lowest BCUT2D eigenvalue weighted by molar-refractivity contribution is -0.129. The normalized spacial score (nSPS) is 13.2. The van der Waals surface area contributed by atoms with Crippen molar-refractivity contribution in [3.63, 3.8) is 0 Å². The van der Waals surface area contributed by atoms with Gasteiger partial charge in [-0.3, -0.25) is 4.79 Å². The molecule has 0 aliphatic heterocycles. The average molecular weight is 459 g/mol. The highest BCUT2D eigenvalue weighted by atomic mass is 32.2. The molecule has 9 heteroatoms.